The van der Waals surface area contributed by atoms with Crippen molar-refractivity contribution < 1.29 is 4.74 Å². The summed E-state index contributed by atoms with van der Waals surface area (Å²) in [7, 11) is 2.85. The fourth-order valence-electron chi connectivity index (χ4n) is 3.11. The Morgan fingerprint density at radius 3 is 2.30 bits per heavy atom. The summed E-state index contributed by atoms with van der Waals surface area (Å²) < 4.78 is 7.60. The Hall–Kier alpha value is -1.11. The molecule has 0 aliphatic carbocycles. The normalized spacial score (nSPS) is 17.6. The van der Waals surface area contributed by atoms with Crippen molar-refractivity contribution in [2.45, 2.75) is 33.8 Å². The van der Waals surface area contributed by atoms with Gasteiger partial charge in [0.05, 0.1) is 12.7 Å². The maximum atomic E-state index is 5.35. The molecule has 3 rings (SSSR count). The minimum atomic E-state index is 0.404. The molecule has 0 bridgehead atoms. The molecule has 3 heteroatoms. The van der Waals surface area contributed by atoms with Crippen molar-refractivity contribution in [1.82, 2.24) is 0 Å². The topological polar surface area (TPSA) is 15.8 Å². The Morgan fingerprint density at radius 1 is 1.10 bits per heavy atom. The van der Waals surface area contributed by atoms with Crippen molar-refractivity contribution in [3.05, 3.63) is 40.5 Å². The highest BCUT2D eigenvalue weighted by atomic mass is 31.0. The van der Waals surface area contributed by atoms with Crippen molar-refractivity contribution in [1.29, 1.82) is 0 Å². The number of rotatable bonds is 3. The molecule has 0 saturated carbocycles. The van der Waals surface area contributed by atoms with Gasteiger partial charge in [0.15, 0.2) is 0 Å². The lowest BCUT2D eigenvalue weighted by Gasteiger charge is -2.23. The first-order chi connectivity index (χ1) is 9.49. The molecule has 2 aromatic rings. The van der Waals surface area contributed by atoms with E-state index in [0.29, 0.717) is 6.10 Å². The van der Waals surface area contributed by atoms with Crippen molar-refractivity contribution in [3.8, 4) is 0 Å². The predicted molar refractivity (Wildman–Crippen MR) is 89.7 cm³/mol. The van der Waals surface area contributed by atoms with Gasteiger partial charge in [-0.1, -0.05) is 12.1 Å². The summed E-state index contributed by atoms with van der Waals surface area (Å²) in [4.78, 5) is 0. The Bertz CT molecular complexity index is 676. The lowest BCUT2D eigenvalue weighted by molar-refractivity contribution is 0.413. The van der Waals surface area contributed by atoms with Crippen molar-refractivity contribution >= 4 is 25.9 Å². The molecular formula is C17H22NOP. The van der Waals surface area contributed by atoms with Crippen LogP contribution >= 0.6 is 9.39 Å². The lowest BCUT2D eigenvalue weighted by atomic mass is 9.92. The number of aryl methyl sites for hydroxylation is 4. The molecule has 2 atom stereocenters. The summed E-state index contributed by atoms with van der Waals surface area (Å²) in [6, 6.07) is 6.75. The lowest BCUT2D eigenvalue weighted by Crippen LogP contribution is -2.17. The fourth-order valence-corrected chi connectivity index (χ4v) is 3.61. The van der Waals surface area contributed by atoms with E-state index in [1.807, 2.05) is 0 Å². The molecule has 1 saturated heterocycles. The van der Waals surface area contributed by atoms with Gasteiger partial charge in [-0.2, -0.15) is 0 Å². The highest BCUT2D eigenvalue weighted by Crippen LogP contribution is 2.36. The van der Waals surface area contributed by atoms with E-state index in [4.69, 9.17) is 4.74 Å². The quantitative estimate of drug-likeness (QED) is 0.625. The highest BCUT2D eigenvalue weighted by Gasteiger charge is 2.25. The summed E-state index contributed by atoms with van der Waals surface area (Å²) >= 11 is 0. The van der Waals surface area contributed by atoms with E-state index in [1.165, 1.54) is 38.7 Å². The van der Waals surface area contributed by atoms with Crippen LogP contribution in [0.2, 0.25) is 0 Å². The van der Waals surface area contributed by atoms with Crippen LogP contribution in [0.25, 0.3) is 10.8 Å². The number of benzene rings is 2. The zero-order valence-electron chi connectivity index (χ0n) is 12.7. The molecule has 1 heterocycles. The molecule has 0 aromatic heterocycles. The van der Waals surface area contributed by atoms with Gasteiger partial charge in [0.2, 0.25) is 0 Å². The summed E-state index contributed by atoms with van der Waals surface area (Å²) in [6.45, 7) is 10.7. The summed E-state index contributed by atoms with van der Waals surface area (Å²) in [5.74, 6) is 0. The molecular weight excluding hydrogens is 265 g/mol. The first-order valence-corrected chi connectivity index (χ1v) is 7.64. The number of fused-ring (bicyclic) bond motifs is 1. The molecule has 1 aliphatic rings. The molecule has 0 radical (unpaired) electrons. The molecule has 0 N–H and O–H groups in total. The molecule has 0 amide bonds. The van der Waals surface area contributed by atoms with E-state index in [-0.39, 0.29) is 0 Å². The summed E-state index contributed by atoms with van der Waals surface area (Å²) in [6.07, 6.45) is 0.404. The third-order valence-electron chi connectivity index (χ3n) is 4.24. The SMILES string of the molecule is Cc1ccc(C)c2c(C)c(N(P)C[C@H]3CO3)cc(C)c12. The van der Waals surface area contributed by atoms with E-state index in [9.17, 15) is 0 Å². The molecule has 106 valence electrons. The number of nitrogens with zero attached hydrogens (tertiary/aromatic N) is 1. The van der Waals surface area contributed by atoms with Crippen LogP contribution in [0.15, 0.2) is 18.2 Å². The number of epoxide rings is 1. The van der Waals surface area contributed by atoms with E-state index < -0.39 is 0 Å². The maximum Gasteiger partial charge on any atom is 0.0987 e. The first-order valence-electron chi connectivity index (χ1n) is 7.13. The number of hydrogen-bond donors (Lipinski definition) is 0. The van der Waals surface area contributed by atoms with Crippen LogP contribution in [0, 0.1) is 27.7 Å². The predicted octanol–water partition coefficient (Wildman–Crippen LogP) is 4.07. The second-order valence-corrected chi connectivity index (χ2v) is 6.52. The molecule has 1 aliphatic heterocycles. The van der Waals surface area contributed by atoms with Gasteiger partial charge < -0.3 is 9.41 Å². The van der Waals surface area contributed by atoms with Gasteiger partial charge in [-0.3, -0.25) is 0 Å². The van der Waals surface area contributed by atoms with Crippen LogP contribution in [0.1, 0.15) is 22.3 Å². The van der Waals surface area contributed by atoms with E-state index in [1.54, 1.807) is 0 Å². The Morgan fingerprint density at radius 2 is 1.70 bits per heavy atom. The second-order valence-electron chi connectivity index (χ2n) is 5.89. The van der Waals surface area contributed by atoms with Crippen LogP contribution in [0.5, 0.6) is 0 Å². The van der Waals surface area contributed by atoms with E-state index >= 15 is 0 Å². The van der Waals surface area contributed by atoms with Gasteiger partial charge in [0.1, 0.15) is 0 Å². The van der Waals surface area contributed by atoms with Gasteiger partial charge in [-0.15, -0.1) is 0 Å². The van der Waals surface area contributed by atoms with E-state index in [2.05, 4.69) is 60.0 Å². The molecule has 0 spiro atoms. The van der Waals surface area contributed by atoms with E-state index in [0.717, 1.165) is 13.2 Å². The number of ether oxygens (including phenoxy) is 1. The van der Waals surface area contributed by atoms with Gasteiger partial charge >= 0.3 is 0 Å². The van der Waals surface area contributed by atoms with Crippen LogP contribution in [-0.2, 0) is 4.74 Å². The van der Waals surface area contributed by atoms with Crippen molar-refractivity contribution in [2.75, 3.05) is 17.8 Å². The fraction of sp³-hybridized carbons (Fsp3) is 0.412. The molecule has 1 unspecified atom stereocenters. The van der Waals surface area contributed by atoms with Crippen LogP contribution < -0.4 is 4.67 Å². The van der Waals surface area contributed by atoms with Crippen LogP contribution in [0.4, 0.5) is 5.69 Å². The summed E-state index contributed by atoms with van der Waals surface area (Å²) in [5, 5.41) is 2.82. The zero-order valence-corrected chi connectivity index (χ0v) is 13.8. The van der Waals surface area contributed by atoms with Gasteiger partial charge in [-0.25, -0.2) is 0 Å². The Balaban J connectivity index is 2.19. The third kappa shape index (κ3) is 2.32. The van der Waals surface area contributed by atoms with Crippen LogP contribution in [0.3, 0.4) is 0 Å². The van der Waals surface area contributed by atoms with Crippen molar-refractivity contribution in [3.63, 3.8) is 0 Å². The minimum Gasteiger partial charge on any atom is -0.371 e. The average Bonchev–Trinajstić information content (AvgIpc) is 3.20. The van der Waals surface area contributed by atoms with Gasteiger partial charge in [0.25, 0.3) is 0 Å². The summed E-state index contributed by atoms with van der Waals surface area (Å²) in [5.41, 5.74) is 6.73. The molecule has 20 heavy (non-hydrogen) atoms. The third-order valence-corrected chi connectivity index (χ3v) is 4.73. The number of anilines is 1. The average molecular weight is 287 g/mol. The van der Waals surface area contributed by atoms with Gasteiger partial charge in [0, 0.05) is 12.2 Å². The Labute approximate surface area is 123 Å². The molecule has 2 nitrogen and oxygen atoms in total. The largest absolute Gasteiger partial charge is 0.371 e. The smallest absolute Gasteiger partial charge is 0.0987 e. The standard InChI is InChI=1S/C17H22NOP/c1-10-5-6-11(2)17-13(4)15(7-12(3)16(10)17)18(20)8-14-9-19-14/h5-7,14H,8-9,20H2,1-4H3/t14-/m0/s1. The molecule has 2 aromatic carbocycles. The minimum absolute atomic E-state index is 0.404. The molecule has 1 fully saturated rings. The first kappa shape index (κ1) is 13.9. The maximum absolute atomic E-state index is 5.35. The van der Waals surface area contributed by atoms with Crippen LogP contribution in [-0.4, -0.2) is 19.3 Å². The number of hydrogen-bond acceptors (Lipinski definition) is 2. The van der Waals surface area contributed by atoms with Gasteiger partial charge in [-0.05, 0) is 76.2 Å². The monoisotopic (exact) mass is 287 g/mol. The second kappa shape index (κ2) is 5.02. The van der Waals surface area contributed by atoms with Crippen molar-refractivity contribution in [2.24, 2.45) is 0 Å². The highest BCUT2D eigenvalue weighted by molar-refractivity contribution is 7.19. The zero-order chi connectivity index (χ0) is 14.4. The Kier molecular flexibility index (Phi) is 3.48.